The third-order valence-corrected chi connectivity index (χ3v) is 6.01. The lowest BCUT2D eigenvalue weighted by Crippen LogP contribution is -2.46. The number of unbranched alkanes of at least 4 members (excludes halogenated alkanes) is 3. The number of carbonyl (C=O) groups excluding carboxylic acids is 1. The second-order valence-electron chi connectivity index (χ2n) is 8.36. The van der Waals surface area contributed by atoms with E-state index < -0.39 is 0 Å². The molecule has 1 amide bonds. The minimum absolute atomic E-state index is 0.0567. The van der Waals surface area contributed by atoms with Gasteiger partial charge in [0.15, 0.2) is 0 Å². The fourth-order valence-corrected chi connectivity index (χ4v) is 4.05. The van der Waals surface area contributed by atoms with Crippen molar-refractivity contribution in [3.05, 3.63) is 5.56 Å². The van der Waals surface area contributed by atoms with Gasteiger partial charge in [-0.15, -0.1) is 0 Å². The van der Waals surface area contributed by atoms with E-state index in [9.17, 15) is 4.79 Å². The van der Waals surface area contributed by atoms with Crippen molar-refractivity contribution in [1.29, 1.82) is 0 Å². The number of nitrogens with two attached hydrogens (primary N) is 1. The Labute approximate surface area is 180 Å². The second-order valence-corrected chi connectivity index (χ2v) is 8.36. The molecule has 1 aromatic heterocycles. The molecule has 0 atom stereocenters. The zero-order valence-corrected chi connectivity index (χ0v) is 18.7. The van der Waals surface area contributed by atoms with Gasteiger partial charge < -0.3 is 20.3 Å². The maximum Gasteiger partial charge on any atom is 0.320 e. The van der Waals surface area contributed by atoms with E-state index >= 15 is 0 Å². The molecule has 0 radical (unpaired) electrons. The highest BCUT2D eigenvalue weighted by atomic mass is 16.5. The Kier molecular flexibility index (Phi) is 8.69. The van der Waals surface area contributed by atoms with Gasteiger partial charge in [-0.25, -0.2) is 0 Å². The van der Waals surface area contributed by atoms with Gasteiger partial charge in [0.2, 0.25) is 5.91 Å². The van der Waals surface area contributed by atoms with Crippen molar-refractivity contribution < 1.29 is 9.53 Å². The minimum atomic E-state index is 0.0567. The van der Waals surface area contributed by atoms with E-state index in [-0.39, 0.29) is 18.3 Å². The maximum absolute atomic E-state index is 12.5. The Morgan fingerprint density at radius 2 is 1.53 bits per heavy atom. The number of amides is 1. The van der Waals surface area contributed by atoms with E-state index in [4.69, 9.17) is 10.5 Å². The Morgan fingerprint density at radius 3 is 2.20 bits per heavy atom. The number of piperazine rings is 1. The van der Waals surface area contributed by atoms with E-state index in [2.05, 4.69) is 33.6 Å². The van der Waals surface area contributed by atoms with Crippen LogP contribution in [-0.4, -0.2) is 78.1 Å². The summed E-state index contributed by atoms with van der Waals surface area (Å²) in [6.45, 7) is 12.6. The highest BCUT2D eigenvalue weighted by Crippen LogP contribution is 2.32. The first-order valence-corrected chi connectivity index (χ1v) is 11.7. The summed E-state index contributed by atoms with van der Waals surface area (Å²) in [5.41, 5.74) is 6.82. The summed E-state index contributed by atoms with van der Waals surface area (Å²) < 4.78 is 5.62. The maximum atomic E-state index is 12.5. The van der Waals surface area contributed by atoms with Crippen LogP contribution < -0.4 is 15.4 Å². The molecular weight excluding hydrogens is 380 g/mol. The van der Waals surface area contributed by atoms with Crippen LogP contribution in [0.3, 0.4) is 0 Å². The van der Waals surface area contributed by atoms with E-state index in [1.165, 1.54) is 32.5 Å². The standard InChI is InChI=1S/C22H38N6O2/c1-3-5-9-26-12-14-27(15-13-26)10-7-8-11-28-19(29)17-18-20(23)24-22(25-21(18)28)30-16-6-4-2/h3-17H2,1-2H3,(H2,23,24,25). The van der Waals surface area contributed by atoms with Gasteiger partial charge in [-0.3, -0.25) is 9.69 Å². The average Bonchev–Trinajstić information content (AvgIpc) is 3.06. The van der Waals surface area contributed by atoms with Gasteiger partial charge in [-0.1, -0.05) is 26.7 Å². The van der Waals surface area contributed by atoms with Crippen LogP contribution in [0.4, 0.5) is 11.6 Å². The summed E-state index contributed by atoms with van der Waals surface area (Å²) >= 11 is 0. The molecule has 2 aliphatic rings. The van der Waals surface area contributed by atoms with E-state index in [0.29, 0.717) is 24.8 Å². The largest absolute Gasteiger partial charge is 0.463 e. The number of nitrogen functional groups attached to an aromatic ring is 1. The molecule has 30 heavy (non-hydrogen) atoms. The van der Waals surface area contributed by atoms with Gasteiger partial charge in [0, 0.05) is 38.3 Å². The summed E-state index contributed by atoms with van der Waals surface area (Å²) in [7, 11) is 0. The van der Waals surface area contributed by atoms with Gasteiger partial charge in [0.1, 0.15) is 11.6 Å². The average molecular weight is 419 g/mol. The molecule has 3 rings (SSSR count). The first-order chi connectivity index (χ1) is 14.6. The molecule has 1 aromatic rings. The molecular formula is C22H38N6O2. The predicted octanol–water partition coefficient (Wildman–Crippen LogP) is 2.32. The Hall–Kier alpha value is -1.93. The normalized spacial score (nSPS) is 17.5. The van der Waals surface area contributed by atoms with Crippen molar-refractivity contribution in [2.45, 2.75) is 58.8 Å². The van der Waals surface area contributed by atoms with Crippen LogP contribution in [0.25, 0.3) is 0 Å². The lowest BCUT2D eigenvalue weighted by atomic mass is 10.2. The third kappa shape index (κ3) is 6.04. The fraction of sp³-hybridized carbons (Fsp3) is 0.773. The number of aromatic nitrogens is 2. The highest BCUT2D eigenvalue weighted by molar-refractivity contribution is 6.01. The monoisotopic (exact) mass is 418 g/mol. The van der Waals surface area contributed by atoms with Crippen LogP contribution in [0.1, 0.15) is 57.9 Å². The number of carbonyl (C=O) groups is 1. The Balaban J connectivity index is 1.45. The van der Waals surface area contributed by atoms with E-state index in [1.54, 1.807) is 4.90 Å². The van der Waals surface area contributed by atoms with E-state index in [1.807, 2.05) is 0 Å². The highest BCUT2D eigenvalue weighted by Gasteiger charge is 2.32. The molecule has 3 heterocycles. The number of hydrogen-bond donors (Lipinski definition) is 1. The van der Waals surface area contributed by atoms with E-state index in [0.717, 1.165) is 50.9 Å². The van der Waals surface area contributed by atoms with Crippen molar-refractivity contribution in [2.75, 3.05) is 63.1 Å². The Bertz CT molecular complexity index is 690. The molecule has 168 valence electrons. The van der Waals surface area contributed by atoms with Crippen molar-refractivity contribution in [2.24, 2.45) is 0 Å². The molecule has 2 N–H and O–H groups in total. The third-order valence-electron chi connectivity index (χ3n) is 6.01. The molecule has 1 fully saturated rings. The molecule has 0 bridgehead atoms. The summed E-state index contributed by atoms with van der Waals surface area (Å²) in [4.78, 5) is 28.1. The first-order valence-electron chi connectivity index (χ1n) is 11.7. The predicted molar refractivity (Wildman–Crippen MR) is 120 cm³/mol. The second kappa shape index (κ2) is 11.5. The van der Waals surface area contributed by atoms with Crippen LogP contribution >= 0.6 is 0 Å². The molecule has 0 saturated carbocycles. The molecule has 2 aliphatic heterocycles. The zero-order chi connectivity index (χ0) is 21.3. The SMILES string of the molecule is CCCCOc1nc(N)c2c(n1)N(CCCCN1CCN(CCCC)CC1)C(=O)C2. The van der Waals surface area contributed by atoms with Crippen LogP contribution in [0.2, 0.25) is 0 Å². The summed E-state index contributed by atoms with van der Waals surface area (Å²) in [5.74, 6) is 1.06. The minimum Gasteiger partial charge on any atom is -0.463 e. The number of nitrogens with zero attached hydrogens (tertiary/aromatic N) is 5. The molecule has 0 unspecified atom stereocenters. The molecule has 8 heteroatoms. The quantitative estimate of drug-likeness (QED) is 0.521. The number of rotatable bonds is 12. The number of fused-ring (bicyclic) bond motifs is 1. The molecule has 1 saturated heterocycles. The summed E-state index contributed by atoms with van der Waals surface area (Å²) in [6, 6.07) is 0.278. The molecule has 0 aliphatic carbocycles. The number of hydrogen-bond acceptors (Lipinski definition) is 7. The van der Waals surface area contributed by atoms with Crippen molar-refractivity contribution >= 4 is 17.5 Å². The molecule has 0 spiro atoms. The lowest BCUT2D eigenvalue weighted by Gasteiger charge is -2.34. The van der Waals surface area contributed by atoms with Crippen LogP contribution in [-0.2, 0) is 11.2 Å². The van der Waals surface area contributed by atoms with Gasteiger partial charge in [-0.05, 0) is 38.8 Å². The van der Waals surface area contributed by atoms with Crippen LogP contribution in [0.15, 0.2) is 0 Å². The smallest absolute Gasteiger partial charge is 0.320 e. The first kappa shape index (κ1) is 22.7. The summed E-state index contributed by atoms with van der Waals surface area (Å²) in [6.07, 6.45) is 6.86. The van der Waals surface area contributed by atoms with Crippen LogP contribution in [0, 0.1) is 0 Å². The van der Waals surface area contributed by atoms with Gasteiger partial charge in [0.05, 0.1) is 13.0 Å². The van der Waals surface area contributed by atoms with Gasteiger partial charge in [-0.2, -0.15) is 9.97 Å². The van der Waals surface area contributed by atoms with Gasteiger partial charge >= 0.3 is 6.01 Å². The van der Waals surface area contributed by atoms with Crippen molar-refractivity contribution in [3.8, 4) is 6.01 Å². The Morgan fingerprint density at radius 1 is 0.900 bits per heavy atom. The number of anilines is 2. The molecule has 0 aromatic carbocycles. The topological polar surface area (TPSA) is 87.8 Å². The van der Waals surface area contributed by atoms with Crippen molar-refractivity contribution in [3.63, 3.8) is 0 Å². The molecule has 8 nitrogen and oxygen atoms in total. The fourth-order valence-electron chi connectivity index (χ4n) is 4.05. The van der Waals surface area contributed by atoms with Crippen molar-refractivity contribution in [1.82, 2.24) is 19.8 Å². The number of ether oxygens (including phenoxy) is 1. The zero-order valence-electron chi connectivity index (χ0n) is 18.7. The van der Waals surface area contributed by atoms with Gasteiger partial charge in [0.25, 0.3) is 0 Å². The summed E-state index contributed by atoms with van der Waals surface area (Å²) in [5, 5.41) is 0. The van der Waals surface area contributed by atoms with Crippen LogP contribution in [0.5, 0.6) is 6.01 Å². The lowest BCUT2D eigenvalue weighted by molar-refractivity contribution is -0.117.